The summed E-state index contributed by atoms with van der Waals surface area (Å²) in [6.07, 6.45) is 3.50. The van der Waals surface area contributed by atoms with Crippen molar-refractivity contribution in [2.45, 2.75) is 19.3 Å². The highest BCUT2D eigenvalue weighted by atomic mass is 35.5. The Morgan fingerprint density at radius 1 is 1.18 bits per heavy atom. The summed E-state index contributed by atoms with van der Waals surface area (Å²) >= 11 is 0. The molecule has 1 heterocycles. The second-order valence-corrected chi connectivity index (χ2v) is 2.71. The molecule has 70 valence electrons. The maximum atomic E-state index is 8.60. The van der Waals surface area contributed by atoms with Gasteiger partial charge in [-0.3, -0.25) is 0 Å². The molecule has 2 N–H and O–H groups in total. The Morgan fingerprint density at radius 3 is 2.18 bits per heavy atom. The van der Waals surface area contributed by atoms with Crippen LogP contribution in [0.25, 0.3) is 0 Å². The standard InChI is InChI=1S/C7H15NO.2ClH/c9-6-3-7-1-4-8-5-2-7;;/h7-9H,1-6H2;2*1H. The van der Waals surface area contributed by atoms with Crippen molar-refractivity contribution in [3.8, 4) is 0 Å². The number of halogens is 2. The van der Waals surface area contributed by atoms with Crippen molar-refractivity contribution in [3.63, 3.8) is 0 Å². The van der Waals surface area contributed by atoms with Crippen LogP contribution in [0.2, 0.25) is 0 Å². The van der Waals surface area contributed by atoms with Crippen molar-refractivity contribution < 1.29 is 5.11 Å². The highest BCUT2D eigenvalue weighted by Gasteiger charge is 2.10. The molecule has 0 bridgehead atoms. The quantitative estimate of drug-likeness (QED) is 0.705. The Balaban J connectivity index is 0. The van der Waals surface area contributed by atoms with Gasteiger partial charge in [0.25, 0.3) is 0 Å². The summed E-state index contributed by atoms with van der Waals surface area (Å²) in [5.74, 6) is 0.788. The third-order valence-electron chi connectivity index (χ3n) is 2.00. The van der Waals surface area contributed by atoms with Crippen molar-refractivity contribution >= 4 is 24.8 Å². The molecule has 0 aromatic rings. The lowest BCUT2D eigenvalue weighted by Gasteiger charge is -2.21. The molecule has 0 amide bonds. The normalized spacial score (nSPS) is 18.3. The molecule has 1 fully saturated rings. The van der Waals surface area contributed by atoms with Crippen LogP contribution in [0.1, 0.15) is 19.3 Å². The predicted molar refractivity (Wildman–Crippen MR) is 51.8 cm³/mol. The molecule has 1 aliphatic heterocycles. The van der Waals surface area contributed by atoms with Crippen molar-refractivity contribution in [1.82, 2.24) is 5.32 Å². The molecule has 2 nitrogen and oxygen atoms in total. The SMILES string of the molecule is Cl.Cl.OCCC1CCNCC1. The molecule has 1 aliphatic rings. The third-order valence-corrected chi connectivity index (χ3v) is 2.00. The molecule has 11 heavy (non-hydrogen) atoms. The van der Waals surface area contributed by atoms with E-state index < -0.39 is 0 Å². The van der Waals surface area contributed by atoms with Crippen LogP contribution in [0.3, 0.4) is 0 Å². The summed E-state index contributed by atoms with van der Waals surface area (Å²) in [6.45, 7) is 2.65. The summed E-state index contributed by atoms with van der Waals surface area (Å²) in [5.41, 5.74) is 0. The highest BCUT2D eigenvalue weighted by molar-refractivity contribution is 5.85. The number of aliphatic hydroxyl groups is 1. The number of aliphatic hydroxyl groups excluding tert-OH is 1. The number of hydrogen-bond donors (Lipinski definition) is 2. The topological polar surface area (TPSA) is 32.3 Å². The van der Waals surface area contributed by atoms with Crippen molar-refractivity contribution in [3.05, 3.63) is 0 Å². The van der Waals surface area contributed by atoms with E-state index in [-0.39, 0.29) is 24.8 Å². The number of nitrogens with one attached hydrogen (secondary N) is 1. The number of piperidine rings is 1. The predicted octanol–water partition coefficient (Wildman–Crippen LogP) is 1.21. The minimum absolute atomic E-state index is 0. The molecule has 1 saturated heterocycles. The van der Waals surface area contributed by atoms with Gasteiger partial charge < -0.3 is 10.4 Å². The second kappa shape index (κ2) is 8.60. The fraction of sp³-hybridized carbons (Fsp3) is 1.00. The summed E-state index contributed by atoms with van der Waals surface area (Å²) in [4.78, 5) is 0. The Morgan fingerprint density at radius 2 is 1.73 bits per heavy atom. The van der Waals surface area contributed by atoms with Gasteiger partial charge in [-0.25, -0.2) is 0 Å². The third kappa shape index (κ3) is 5.74. The van der Waals surface area contributed by atoms with E-state index in [0.29, 0.717) is 6.61 Å². The van der Waals surface area contributed by atoms with Crippen LogP contribution in [0, 0.1) is 5.92 Å². The van der Waals surface area contributed by atoms with E-state index in [2.05, 4.69) is 5.32 Å². The van der Waals surface area contributed by atoms with Gasteiger partial charge in [0.05, 0.1) is 0 Å². The van der Waals surface area contributed by atoms with Gasteiger partial charge in [0.1, 0.15) is 0 Å². The maximum absolute atomic E-state index is 8.60. The zero-order chi connectivity index (χ0) is 6.53. The minimum atomic E-state index is 0. The largest absolute Gasteiger partial charge is 0.396 e. The van der Waals surface area contributed by atoms with Crippen LogP contribution < -0.4 is 5.32 Å². The van der Waals surface area contributed by atoms with Gasteiger partial charge in [0, 0.05) is 6.61 Å². The maximum Gasteiger partial charge on any atom is 0.0433 e. The average molecular weight is 202 g/mol. The zero-order valence-corrected chi connectivity index (χ0v) is 8.22. The van der Waals surface area contributed by atoms with Crippen molar-refractivity contribution in [2.75, 3.05) is 19.7 Å². The van der Waals surface area contributed by atoms with Gasteiger partial charge in [0.15, 0.2) is 0 Å². The molecule has 0 unspecified atom stereocenters. The number of hydrogen-bond acceptors (Lipinski definition) is 2. The van der Waals surface area contributed by atoms with Gasteiger partial charge in [-0.05, 0) is 38.3 Å². The lowest BCUT2D eigenvalue weighted by Crippen LogP contribution is -2.28. The van der Waals surface area contributed by atoms with Gasteiger partial charge in [-0.2, -0.15) is 0 Å². The van der Waals surface area contributed by atoms with Gasteiger partial charge in [-0.15, -0.1) is 24.8 Å². The average Bonchev–Trinajstić information content (AvgIpc) is 1.91. The first kappa shape index (κ1) is 14.0. The van der Waals surface area contributed by atoms with Crippen molar-refractivity contribution in [2.24, 2.45) is 5.92 Å². The summed E-state index contributed by atoms with van der Waals surface area (Å²) in [6, 6.07) is 0. The van der Waals surface area contributed by atoms with E-state index in [1.807, 2.05) is 0 Å². The Kier molecular flexibility index (Phi) is 11.0. The molecule has 0 aromatic carbocycles. The molecule has 1 rings (SSSR count). The van der Waals surface area contributed by atoms with Gasteiger partial charge >= 0.3 is 0 Å². The first-order chi connectivity index (χ1) is 4.43. The van der Waals surface area contributed by atoms with E-state index in [4.69, 9.17) is 5.11 Å². The first-order valence-electron chi connectivity index (χ1n) is 3.75. The molecular formula is C7H17Cl2NO. The lowest BCUT2D eigenvalue weighted by molar-refractivity contribution is 0.235. The van der Waals surface area contributed by atoms with E-state index in [0.717, 1.165) is 25.4 Å². The smallest absolute Gasteiger partial charge is 0.0433 e. The Bertz CT molecular complexity index is 74.1. The Labute approximate surface area is 80.6 Å². The van der Waals surface area contributed by atoms with Crippen LogP contribution in [0.5, 0.6) is 0 Å². The zero-order valence-electron chi connectivity index (χ0n) is 6.58. The highest BCUT2D eigenvalue weighted by Crippen LogP contribution is 2.14. The van der Waals surface area contributed by atoms with Crippen LogP contribution in [0.15, 0.2) is 0 Å². The first-order valence-corrected chi connectivity index (χ1v) is 3.75. The Hall–Kier alpha value is 0.500. The minimum Gasteiger partial charge on any atom is -0.396 e. The summed E-state index contributed by atoms with van der Waals surface area (Å²) in [7, 11) is 0. The molecule has 0 spiro atoms. The fourth-order valence-electron chi connectivity index (χ4n) is 1.35. The molecule has 0 saturated carbocycles. The monoisotopic (exact) mass is 201 g/mol. The van der Waals surface area contributed by atoms with Gasteiger partial charge in [0.2, 0.25) is 0 Å². The second-order valence-electron chi connectivity index (χ2n) is 2.71. The summed E-state index contributed by atoms with van der Waals surface area (Å²) in [5, 5.41) is 11.9. The molecular weight excluding hydrogens is 185 g/mol. The van der Waals surface area contributed by atoms with Crippen LogP contribution in [-0.4, -0.2) is 24.8 Å². The molecule has 0 aromatic heterocycles. The van der Waals surface area contributed by atoms with Crippen molar-refractivity contribution in [1.29, 1.82) is 0 Å². The van der Waals surface area contributed by atoms with E-state index in [1.54, 1.807) is 0 Å². The molecule has 0 atom stereocenters. The summed E-state index contributed by atoms with van der Waals surface area (Å²) < 4.78 is 0. The molecule has 4 heteroatoms. The van der Waals surface area contributed by atoms with Gasteiger partial charge in [-0.1, -0.05) is 0 Å². The molecule has 0 aliphatic carbocycles. The molecule has 0 radical (unpaired) electrons. The van der Waals surface area contributed by atoms with E-state index in [1.165, 1.54) is 12.8 Å². The fourth-order valence-corrected chi connectivity index (χ4v) is 1.35. The van der Waals surface area contributed by atoms with Crippen LogP contribution >= 0.6 is 24.8 Å². The van der Waals surface area contributed by atoms with E-state index in [9.17, 15) is 0 Å². The van der Waals surface area contributed by atoms with Crippen LogP contribution in [0.4, 0.5) is 0 Å². The lowest BCUT2D eigenvalue weighted by atomic mass is 9.95. The van der Waals surface area contributed by atoms with Crippen LogP contribution in [-0.2, 0) is 0 Å². The van der Waals surface area contributed by atoms with E-state index >= 15 is 0 Å². The number of rotatable bonds is 2.